The van der Waals surface area contributed by atoms with Gasteiger partial charge in [0.15, 0.2) is 0 Å². The molecule has 0 aliphatic carbocycles. The molecule has 5 nitrogen and oxygen atoms in total. The number of benzene rings is 2. The van der Waals surface area contributed by atoms with Crippen LogP contribution in [0.4, 0.5) is 0 Å². The second kappa shape index (κ2) is 6.39. The van der Waals surface area contributed by atoms with E-state index in [2.05, 4.69) is 4.98 Å². The molecule has 3 aromatic rings. The number of carboxylic acid groups (broad SMARTS) is 1. The molecule has 0 saturated carbocycles. The summed E-state index contributed by atoms with van der Waals surface area (Å²) in [5.41, 5.74) is -0.238. The molecule has 0 saturated heterocycles. The summed E-state index contributed by atoms with van der Waals surface area (Å²) in [4.78, 5) is 26.5. The number of carboxylic acids is 1. The summed E-state index contributed by atoms with van der Waals surface area (Å²) >= 11 is 12.9. The molecule has 1 aromatic heterocycles. The summed E-state index contributed by atoms with van der Waals surface area (Å²) < 4.78 is 0. The zero-order valence-corrected chi connectivity index (χ0v) is 14.2. The number of hydrogen-bond donors (Lipinski definition) is 3. The molecule has 0 amide bonds. The summed E-state index contributed by atoms with van der Waals surface area (Å²) in [6.45, 7) is 0. The van der Waals surface area contributed by atoms with Crippen LogP contribution in [0.5, 0.6) is 5.75 Å². The van der Waals surface area contributed by atoms with Crippen molar-refractivity contribution in [3.05, 3.63) is 62.4 Å². The predicted octanol–water partition coefficient (Wildman–Crippen LogP) is 4.39. The number of aromatic amines is 1. The van der Waals surface area contributed by atoms with E-state index < -0.39 is 11.5 Å². The summed E-state index contributed by atoms with van der Waals surface area (Å²) in [5, 5.41) is 20.5. The first-order valence-electron chi connectivity index (χ1n) is 6.62. The Balaban J connectivity index is 2.22. The van der Waals surface area contributed by atoms with Gasteiger partial charge in [-0.2, -0.15) is 0 Å². The summed E-state index contributed by atoms with van der Waals surface area (Å²) in [6, 6.07) is 9.13. The van der Waals surface area contributed by atoms with Crippen LogP contribution in [0.3, 0.4) is 0 Å². The molecule has 0 bridgehead atoms. The Kier molecular flexibility index (Phi) is 4.45. The maximum absolute atomic E-state index is 12.3. The van der Waals surface area contributed by atoms with E-state index in [0.29, 0.717) is 15.4 Å². The maximum Gasteiger partial charge on any atom is 0.336 e. The van der Waals surface area contributed by atoms with Crippen molar-refractivity contribution in [2.75, 3.05) is 0 Å². The van der Waals surface area contributed by atoms with Gasteiger partial charge in [0.25, 0.3) is 5.56 Å². The Hall–Kier alpha value is -2.15. The fraction of sp³-hybridized carbons (Fsp3) is 0. The first-order chi connectivity index (χ1) is 11.4. The number of carbonyl (C=O) groups is 1. The molecule has 3 rings (SSSR count). The Labute approximate surface area is 149 Å². The molecule has 122 valence electrons. The number of pyridine rings is 1. The molecule has 2 aromatic carbocycles. The standard InChI is InChI=1S/C16H9Cl2NO4S/c17-7-5-9(18)12-10(6-7)19-15(21)14(13(12)20)24-11-4-2-1-3-8(11)16(22)23/h1-6H,(H,22,23)(H2,19,20,21). The number of nitrogens with one attached hydrogen (secondary N) is 1. The van der Waals surface area contributed by atoms with Gasteiger partial charge in [0.2, 0.25) is 0 Å². The van der Waals surface area contributed by atoms with Crippen molar-refractivity contribution in [3.63, 3.8) is 0 Å². The second-order valence-corrected chi connectivity index (χ2v) is 6.74. The molecule has 0 fully saturated rings. The number of H-pyrrole nitrogens is 1. The largest absolute Gasteiger partial charge is 0.506 e. The van der Waals surface area contributed by atoms with E-state index in [9.17, 15) is 19.8 Å². The van der Waals surface area contributed by atoms with Crippen LogP contribution in [-0.4, -0.2) is 21.2 Å². The van der Waals surface area contributed by atoms with Crippen LogP contribution in [0.1, 0.15) is 10.4 Å². The minimum atomic E-state index is -1.13. The normalized spacial score (nSPS) is 10.9. The first kappa shape index (κ1) is 16.7. The predicted molar refractivity (Wildman–Crippen MR) is 93.8 cm³/mol. The summed E-state index contributed by atoms with van der Waals surface area (Å²) in [5.74, 6) is -1.44. The number of fused-ring (bicyclic) bond motifs is 1. The van der Waals surface area contributed by atoms with E-state index in [-0.39, 0.29) is 26.6 Å². The molecule has 0 atom stereocenters. The van der Waals surface area contributed by atoms with E-state index in [1.807, 2.05) is 0 Å². The third-order valence-corrected chi connectivity index (χ3v) is 4.97. The molecule has 0 radical (unpaired) electrons. The highest BCUT2D eigenvalue weighted by Crippen LogP contribution is 2.40. The van der Waals surface area contributed by atoms with Crippen molar-refractivity contribution in [2.24, 2.45) is 0 Å². The van der Waals surface area contributed by atoms with Crippen molar-refractivity contribution >= 4 is 51.8 Å². The minimum absolute atomic E-state index is 0.0311. The number of aromatic carboxylic acids is 1. The van der Waals surface area contributed by atoms with Gasteiger partial charge in [0, 0.05) is 9.92 Å². The lowest BCUT2D eigenvalue weighted by Crippen LogP contribution is -2.09. The third kappa shape index (κ3) is 2.96. The molecule has 24 heavy (non-hydrogen) atoms. The topological polar surface area (TPSA) is 90.4 Å². The van der Waals surface area contributed by atoms with E-state index in [4.69, 9.17) is 23.2 Å². The molecule has 1 heterocycles. The summed E-state index contributed by atoms with van der Waals surface area (Å²) in [6.07, 6.45) is 0. The highest BCUT2D eigenvalue weighted by atomic mass is 35.5. The van der Waals surface area contributed by atoms with E-state index in [0.717, 1.165) is 11.8 Å². The average Bonchev–Trinajstić information content (AvgIpc) is 2.50. The summed E-state index contributed by atoms with van der Waals surface area (Å²) in [7, 11) is 0. The van der Waals surface area contributed by atoms with Crippen molar-refractivity contribution in [1.82, 2.24) is 4.98 Å². The zero-order chi connectivity index (χ0) is 17.4. The van der Waals surface area contributed by atoms with Gasteiger partial charge in [0.05, 0.1) is 21.5 Å². The van der Waals surface area contributed by atoms with Gasteiger partial charge >= 0.3 is 5.97 Å². The van der Waals surface area contributed by atoms with Gasteiger partial charge in [-0.3, -0.25) is 4.79 Å². The third-order valence-electron chi connectivity index (χ3n) is 3.29. The van der Waals surface area contributed by atoms with Gasteiger partial charge in [-0.05, 0) is 24.3 Å². The highest BCUT2D eigenvalue weighted by Gasteiger charge is 2.19. The molecule has 0 aliphatic rings. The lowest BCUT2D eigenvalue weighted by molar-refractivity contribution is 0.0693. The number of aromatic hydroxyl groups is 1. The van der Waals surface area contributed by atoms with E-state index in [1.165, 1.54) is 18.2 Å². The molecule has 0 unspecified atom stereocenters. The number of aromatic nitrogens is 1. The monoisotopic (exact) mass is 381 g/mol. The van der Waals surface area contributed by atoms with Gasteiger partial charge in [-0.15, -0.1) is 0 Å². The highest BCUT2D eigenvalue weighted by molar-refractivity contribution is 7.99. The second-order valence-electron chi connectivity index (χ2n) is 4.85. The first-order valence-corrected chi connectivity index (χ1v) is 8.20. The van der Waals surface area contributed by atoms with E-state index in [1.54, 1.807) is 18.2 Å². The molecule has 3 N–H and O–H groups in total. The number of hydrogen-bond acceptors (Lipinski definition) is 4. The quantitative estimate of drug-likeness (QED) is 0.625. The molecular formula is C16H9Cl2NO4S. The number of halogens is 2. The minimum Gasteiger partial charge on any atom is -0.506 e. The van der Waals surface area contributed by atoms with Gasteiger partial charge < -0.3 is 15.2 Å². The lowest BCUT2D eigenvalue weighted by atomic mass is 10.2. The molecule has 0 aliphatic heterocycles. The van der Waals surface area contributed by atoms with E-state index >= 15 is 0 Å². The van der Waals surface area contributed by atoms with Crippen LogP contribution < -0.4 is 5.56 Å². The van der Waals surface area contributed by atoms with Crippen LogP contribution in [0.15, 0.2) is 51.0 Å². The number of rotatable bonds is 3. The molecule has 0 spiro atoms. The van der Waals surface area contributed by atoms with Crippen molar-refractivity contribution in [2.45, 2.75) is 9.79 Å². The lowest BCUT2D eigenvalue weighted by Gasteiger charge is -2.10. The van der Waals surface area contributed by atoms with Crippen molar-refractivity contribution < 1.29 is 15.0 Å². The van der Waals surface area contributed by atoms with Crippen LogP contribution in [0.2, 0.25) is 10.0 Å². The van der Waals surface area contributed by atoms with Crippen LogP contribution >= 0.6 is 35.0 Å². The van der Waals surface area contributed by atoms with Gasteiger partial charge in [-0.25, -0.2) is 4.79 Å². The van der Waals surface area contributed by atoms with Gasteiger partial charge in [0.1, 0.15) is 10.6 Å². The van der Waals surface area contributed by atoms with Crippen LogP contribution in [-0.2, 0) is 0 Å². The Morgan fingerprint density at radius 3 is 2.58 bits per heavy atom. The smallest absolute Gasteiger partial charge is 0.336 e. The Bertz CT molecular complexity index is 1030. The van der Waals surface area contributed by atoms with Crippen LogP contribution in [0.25, 0.3) is 10.9 Å². The SMILES string of the molecule is O=C(O)c1ccccc1Sc1c(O)c2c(Cl)cc(Cl)cc2[nH]c1=O. The Morgan fingerprint density at radius 2 is 1.88 bits per heavy atom. The molecular weight excluding hydrogens is 373 g/mol. The zero-order valence-electron chi connectivity index (χ0n) is 11.8. The fourth-order valence-corrected chi connectivity index (χ4v) is 3.81. The maximum atomic E-state index is 12.3. The fourth-order valence-electron chi connectivity index (χ4n) is 2.25. The van der Waals surface area contributed by atoms with Gasteiger partial charge in [-0.1, -0.05) is 47.1 Å². The molecule has 8 heteroatoms. The van der Waals surface area contributed by atoms with Crippen molar-refractivity contribution in [3.8, 4) is 5.75 Å². The van der Waals surface area contributed by atoms with Crippen LogP contribution in [0, 0.1) is 0 Å². The van der Waals surface area contributed by atoms with Crippen molar-refractivity contribution in [1.29, 1.82) is 0 Å². The average molecular weight is 382 g/mol. The Morgan fingerprint density at radius 1 is 1.17 bits per heavy atom.